The first-order valence-electron chi connectivity index (χ1n) is 6.35. The van der Waals surface area contributed by atoms with Crippen LogP contribution in [-0.2, 0) is 4.74 Å². The summed E-state index contributed by atoms with van der Waals surface area (Å²) in [6.45, 7) is 2.32. The van der Waals surface area contributed by atoms with Gasteiger partial charge in [-0.25, -0.2) is 0 Å². The number of ether oxygens (including phenoxy) is 1. The van der Waals surface area contributed by atoms with Crippen molar-refractivity contribution >= 4 is 0 Å². The molecular weight excluding hydrogens is 190 g/mol. The van der Waals surface area contributed by atoms with Gasteiger partial charge in [0.05, 0.1) is 12.7 Å². The molecule has 0 bridgehead atoms. The largest absolute Gasteiger partial charge is 0.391 e. The van der Waals surface area contributed by atoms with Crippen LogP contribution >= 0.6 is 0 Å². The van der Waals surface area contributed by atoms with Gasteiger partial charge in [-0.1, -0.05) is 19.3 Å². The van der Waals surface area contributed by atoms with Crippen LogP contribution in [0.15, 0.2) is 0 Å². The standard InChI is InChI=1S/C12H23NO2/c14-12(10-6-7-15-9-10)8-13-11-4-2-1-3-5-11/h10-14H,1-9H2. The van der Waals surface area contributed by atoms with Crippen molar-refractivity contribution in [3.8, 4) is 0 Å². The van der Waals surface area contributed by atoms with E-state index in [1.165, 1.54) is 32.1 Å². The Morgan fingerprint density at radius 1 is 1.20 bits per heavy atom. The van der Waals surface area contributed by atoms with Crippen LogP contribution in [0.2, 0.25) is 0 Å². The maximum absolute atomic E-state index is 9.94. The number of nitrogens with one attached hydrogen (secondary N) is 1. The maximum atomic E-state index is 9.94. The van der Waals surface area contributed by atoms with Gasteiger partial charge in [0.25, 0.3) is 0 Å². The summed E-state index contributed by atoms with van der Waals surface area (Å²) in [5.41, 5.74) is 0. The summed E-state index contributed by atoms with van der Waals surface area (Å²) in [7, 11) is 0. The zero-order valence-corrected chi connectivity index (χ0v) is 9.45. The van der Waals surface area contributed by atoms with Crippen molar-refractivity contribution in [3.05, 3.63) is 0 Å². The lowest BCUT2D eigenvalue weighted by Crippen LogP contribution is -2.39. The molecule has 0 spiro atoms. The monoisotopic (exact) mass is 213 g/mol. The van der Waals surface area contributed by atoms with Gasteiger partial charge in [-0.15, -0.1) is 0 Å². The Hall–Kier alpha value is -0.120. The second kappa shape index (κ2) is 5.83. The minimum Gasteiger partial charge on any atom is -0.391 e. The number of aliphatic hydroxyl groups is 1. The van der Waals surface area contributed by atoms with Crippen molar-refractivity contribution < 1.29 is 9.84 Å². The highest BCUT2D eigenvalue weighted by Gasteiger charge is 2.24. The highest BCUT2D eigenvalue weighted by molar-refractivity contribution is 4.78. The van der Waals surface area contributed by atoms with Crippen molar-refractivity contribution in [1.29, 1.82) is 0 Å². The number of hydrogen-bond donors (Lipinski definition) is 2. The Labute approximate surface area is 92.2 Å². The lowest BCUT2D eigenvalue weighted by atomic mass is 9.94. The van der Waals surface area contributed by atoms with Gasteiger partial charge in [0.15, 0.2) is 0 Å². The molecule has 3 heteroatoms. The van der Waals surface area contributed by atoms with E-state index >= 15 is 0 Å². The van der Waals surface area contributed by atoms with Crippen molar-refractivity contribution in [2.24, 2.45) is 5.92 Å². The highest BCUT2D eigenvalue weighted by Crippen LogP contribution is 2.19. The molecule has 2 aliphatic rings. The summed E-state index contributed by atoms with van der Waals surface area (Å²) < 4.78 is 5.28. The van der Waals surface area contributed by atoms with Crippen LogP contribution in [0.5, 0.6) is 0 Å². The van der Waals surface area contributed by atoms with Gasteiger partial charge < -0.3 is 15.2 Å². The van der Waals surface area contributed by atoms with Crippen LogP contribution in [0.25, 0.3) is 0 Å². The topological polar surface area (TPSA) is 41.5 Å². The fraction of sp³-hybridized carbons (Fsp3) is 1.00. The Morgan fingerprint density at radius 2 is 2.00 bits per heavy atom. The first kappa shape index (κ1) is 11.4. The first-order valence-corrected chi connectivity index (χ1v) is 6.35. The van der Waals surface area contributed by atoms with E-state index in [1.807, 2.05) is 0 Å². The molecule has 1 aliphatic carbocycles. The van der Waals surface area contributed by atoms with Gasteiger partial charge in [0.2, 0.25) is 0 Å². The molecule has 0 amide bonds. The number of hydrogen-bond acceptors (Lipinski definition) is 3. The van der Waals surface area contributed by atoms with Crippen LogP contribution in [0.4, 0.5) is 0 Å². The number of rotatable bonds is 4. The molecule has 2 unspecified atom stereocenters. The Morgan fingerprint density at radius 3 is 2.67 bits per heavy atom. The predicted octanol–water partition coefficient (Wildman–Crippen LogP) is 1.31. The zero-order chi connectivity index (χ0) is 10.5. The van der Waals surface area contributed by atoms with Crippen molar-refractivity contribution in [3.63, 3.8) is 0 Å². The van der Waals surface area contributed by atoms with E-state index in [4.69, 9.17) is 4.74 Å². The summed E-state index contributed by atoms with van der Waals surface area (Å²) in [6, 6.07) is 0.649. The molecule has 0 aromatic heterocycles. The van der Waals surface area contributed by atoms with E-state index in [2.05, 4.69) is 5.32 Å². The molecule has 2 atom stereocenters. The summed E-state index contributed by atoms with van der Waals surface area (Å²) in [4.78, 5) is 0. The molecular formula is C12H23NO2. The molecule has 2 N–H and O–H groups in total. The third-order valence-electron chi connectivity index (χ3n) is 3.73. The van der Waals surface area contributed by atoms with Crippen molar-refractivity contribution in [2.45, 2.75) is 50.7 Å². The van der Waals surface area contributed by atoms with Gasteiger partial charge >= 0.3 is 0 Å². The summed E-state index contributed by atoms with van der Waals surface area (Å²) in [5.74, 6) is 0.362. The normalized spacial score (nSPS) is 30.6. The molecule has 15 heavy (non-hydrogen) atoms. The first-order chi connectivity index (χ1) is 7.36. The average Bonchev–Trinajstić information content (AvgIpc) is 2.81. The SMILES string of the molecule is OC(CNC1CCCCC1)C1CCOC1. The van der Waals surface area contributed by atoms with Gasteiger partial charge in [0.1, 0.15) is 0 Å². The molecule has 2 rings (SSSR count). The second-order valence-electron chi connectivity index (χ2n) is 4.93. The van der Waals surface area contributed by atoms with Crippen LogP contribution in [-0.4, -0.2) is 37.0 Å². The van der Waals surface area contributed by atoms with E-state index in [0.717, 1.165) is 26.2 Å². The Bertz CT molecular complexity index is 174. The van der Waals surface area contributed by atoms with Crippen LogP contribution in [0, 0.1) is 5.92 Å². The lowest BCUT2D eigenvalue weighted by molar-refractivity contribution is 0.0869. The van der Waals surface area contributed by atoms with E-state index in [1.54, 1.807) is 0 Å². The van der Waals surface area contributed by atoms with E-state index in [9.17, 15) is 5.11 Å². The third-order valence-corrected chi connectivity index (χ3v) is 3.73. The molecule has 1 saturated carbocycles. The maximum Gasteiger partial charge on any atom is 0.0715 e. The Kier molecular flexibility index (Phi) is 4.42. The lowest BCUT2D eigenvalue weighted by Gasteiger charge is -2.25. The van der Waals surface area contributed by atoms with E-state index < -0.39 is 0 Å². The molecule has 88 valence electrons. The summed E-state index contributed by atoms with van der Waals surface area (Å²) >= 11 is 0. The molecule has 0 aromatic carbocycles. The fourth-order valence-electron chi connectivity index (χ4n) is 2.62. The molecule has 1 heterocycles. The minimum absolute atomic E-state index is 0.213. The molecule has 3 nitrogen and oxygen atoms in total. The zero-order valence-electron chi connectivity index (χ0n) is 9.45. The quantitative estimate of drug-likeness (QED) is 0.740. The molecule has 2 fully saturated rings. The van der Waals surface area contributed by atoms with Crippen LogP contribution in [0.1, 0.15) is 38.5 Å². The smallest absolute Gasteiger partial charge is 0.0715 e. The second-order valence-corrected chi connectivity index (χ2v) is 4.93. The van der Waals surface area contributed by atoms with Crippen LogP contribution < -0.4 is 5.32 Å². The molecule has 0 aromatic rings. The molecule has 1 aliphatic heterocycles. The Balaban J connectivity index is 1.63. The van der Waals surface area contributed by atoms with Gasteiger partial charge in [-0.05, 0) is 19.3 Å². The molecule has 1 saturated heterocycles. The fourth-order valence-corrected chi connectivity index (χ4v) is 2.62. The van der Waals surface area contributed by atoms with Crippen molar-refractivity contribution in [1.82, 2.24) is 5.32 Å². The average molecular weight is 213 g/mol. The molecule has 0 radical (unpaired) electrons. The third kappa shape index (κ3) is 3.44. The van der Waals surface area contributed by atoms with Gasteiger partial charge in [0, 0.05) is 25.1 Å². The van der Waals surface area contributed by atoms with Gasteiger partial charge in [-0.2, -0.15) is 0 Å². The summed E-state index contributed by atoms with van der Waals surface area (Å²) in [5, 5.41) is 13.4. The van der Waals surface area contributed by atoms with E-state index in [-0.39, 0.29) is 6.10 Å². The summed E-state index contributed by atoms with van der Waals surface area (Å²) in [6.07, 6.45) is 7.46. The highest BCUT2D eigenvalue weighted by atomic mass is 16.5. The van der Waals surface area contributed by atoms with E-state index in [0.29, 0.717) is 12.0 Å². The number of aliphatic hydroxyl groups excluding tert-OH is 1. The van der Waals surface area contributed by atoms with Crippen LogP contribution in [0.3, 0.4) is 0 Å². The minimum atomic E-state index is -0.213. The van der Waals surface area contributed by atoms with Crippen molar-refractivity contribution in [2.75, 3.05) is 19.8 Å². The predicted molar refractivity (Wildman–Crippen MR) is 59.8 cm³/mol. The van der Waals surface area contributed by atoms with Gasteiger partial charge in [-0.3, -0.25) is 0 Å².